The van der Waals surface area contributed by atoms with Crippen LogP contribution in [0.2, 0.25) is 0 Å². The van der Waals surface area contributed by atoms with Gasteiger partial charge >= 0.3 is 0 Å². The minimum absolute atomic E-state index is 0.176. The summed E-state index contributed by atoms with van der Waals surface area (Å²) in [6.07, 6.45) is 0. The summed E-state index contributed by atoms with van der Waals surface area (Å²) in [6.45, 7) is 10.3. The van der Waals surface area contributed by atoms with Crippen LogP contribution in [-0.4, -0.2) is 16.5 Å². The molecule has 0 fully saturated rings. The van der Waals surface area contributed by atoms with Crippen LogP contribution in [0.25, 0.3) is 21.5 Å². The van der Waals surface area contributed by atoms with Crippen LogP contribution in [0.4, 0.5) is 20.4 Å². The Labute approximate surface area is 186 Å². The lowest BCUT2D eigenvalue weighted by Gasteiger charge is -2.28. The number of nitrogen functional groups attached to an aromatic ring is 1. The predicted molar refractivity (Wildman–Crippen MR) is 128 cm³/mol. The van der Waals surface area contributed by atoms with E-state index in [9.17, 15) is 4.39 Å². The van der Waals surface area contributed by atoms with Gasteiger partial charge in [-0.1, -0.05) is 71.0 Å². The van der Waals surface area contributed by atoms with Crippen LogP contribution in [-0.2, 0) is 10.8 Å². The largest absolute Gasteiger partial charge is 0.384 e. The highest BCUT2D eigenvalue weighted by atomic mass is 19.1. The SMILES string of the molecule is CC(C)(C)c1nc(NCC(C)(C)c2nc(N)cc3cccc(F)c23)c(F)c2ccccc12. The van der Waals surface area contributed by atoms with Gasteiger partial charge in [0.15, 0.2) is 11.6 Å². The van der Waals surface area contributed by atoms with E-state index < -0.39 is 11.2 Å². The fourth-order valence-corrected chi connectivity index (χ4v) is 4.08. The summed E-state index contributed by atoms with van der Waals surface area (Å²) in [5.74, 6) is -0.268. The molecule has 4 aromatic rings. The highest BCUT2D eigenvalue weighted by Gasteiger charge is 2.28. The van der Waals surface area contributed by atoms with E-state index in [0.29, 0.717) is 34.2 Å². The van der Waals surface area contributed by atoms with Gasteiger partial charge < -0.3 is 11.1 Å². The van der Waals surface area contributed by atoms with Gasteiger partial charge in [0.05, 0.1) is 11.4 Å². The van der Waals surface area contributed by atoms with Crippen LogP contribution in [0.3, 0.4) is 0 Å². The van der Waals surface area contributed by atoms with Crippen molar-refractivity contribution in [2.45, 2.75) is 45.4 Å². The van der Waals surface area contributed by atoms with Crippen molar-refractivity contribution in [3.63, 3.8) is 0 Å². The van der Waals surface area contributed by atoms with Crippen LogP contribution in [0.15, 0.2) is 48.5 Å². The molecular weight excluding hydrogens is 406 g/mol. The van der Waals surface area contributed by atoms with Gasteiger partial charge in [-0.15, -0.1) is 0 Å². The highest BCUT2D eigenvalue weighted by molar-refractivity contribution is 5.89. The van der Waals surface area contributed by atoms with Gasteiger partial charge in [-0.05, 0) is 17.5 Å². The number of nitrogens with one attached hydrogen (secondary N) is 1. The number of hydrogen-bond acceptors (Lipinski definition) is 4. The lowest BCUT2D eigenvalue weighted by Crippen LogP contribution is -2.30. The molecule has 0 unspecified atom stereocenters. The maximum absolute atomic E-state index is 15.4. The molecule has 0 bridgehead atoms. The van der Waals surface area contributed by atoms with Crippen molar-refractivity contribution < 1.29 is 8.78 Å². The Morgan fingerprint density at radius 1 is 0.875 bits per heavy atom. The van der Waals surface area contributed by atoms with Gasteiger partial charge in [0.25, 0.3) is 0 Å². The average Bonchev–Trinajstić information content (AvgIpc) is 2.72. The fraction of sp³-hybridized carbons (Fsp3) is 0.308. The minimum atomic E-state index is -0.655. The molecule has 0 spiro atoms. The molecule has 2 aromatic carbocycles. The van der Waals surface area contributed by atoms with Crippen LogP contribution in [0.1, 0.15) is 46.0 Å². The number of anilines is 2. The number of nitrogens with zero attached hydrogens (tertiary/aromatic N) is 2. The summed E-state index contributed by atoms with van der Waals surface area (Å²) in [5, 5.41) is 5.60. The number of nitrogens with two attached hydrogens (primary N) is 1. The average molecular weight is 435 g/mol. The van der Waals surface area contributed by atoms with Gasteiger partial charge in [-0.2, -0.15) is 0 Å². The number of rotatable bonds is 4. The molecule has 0 saturated carbocycles. The second kappa shape index (κ2) is 7.69. The van der Waals surface area contributed by atoms with Crippen molar-refractivity contribution in [1.29, 1.82) is 0 Å². The number of benzene rings is 2. The molecule has 32 heavy (non-hydrogen) atoms. The monoisotopic (exact) mass is 434 g/mol. The Balaban J connectivity index is 1.77. The zero-order chi connectivity index (χ0) is 23.3. The van der Waals surface area contributed by atoms with Crippen LogP contribution in [0, 0.1) is 11.6 Å². The minimum Gasteiger partial charge on any atom is -0.384 e. The van der Waals surface area contributed by atoms with Gasteiger partial charge in [0, 0.05) is 33.5 Å². The van der Waals surface area contributed by atoms with E-state index in [1.165, 1.54) is 6.07 Å². The Bertz CT molecular complexity index is 1320. The summed E-state index contributed by atoms with van der Waals surface area (Å²) in [4.78, 5) is 9.12. The first kappa shape index (κ1) is 21.9. The summed E-state index contributed by atoms with van der Waals surface area (Å²) in [5.41, 5.74) is 6.42. The van der Waals surface area contributed by atoms with E-state index in [0.717, 1.165) is 11.1 Å². The first-order valence-electron chi connectivity index (χ1n) is 10.7. The van der Waals surface area contributed by atoms with Crippen molar-refractivity contribution in [3.8, 4) is 0 Å². The molecule has 4 nitrogen and oxygen atoms in total. The first-order chi connectivity index (χ1) is 15.0. The smallest absolute Gasteiger partial charge is 0.173 e. The molecule has 0 aliphatic carbocycles. The van der Waals surface area contributed by atoms with Crippen molar-refractivity contribution in [2.75, 3.05) is 17.6 Å². The molecule has 0 aliphatic rings. The summed E-state index contributed by atoms with van der Waals surface area (Å²) < 4.78 is 30.1. The highest BCUT2D eigenvalue weighted by Crippen LogP contribution is 2.35. The summed E-state index contributed by atoms with van der Waals surface area (Å²) in [6, 6.07) is 13.9. The van der Waals surface area contributed by atoms with Gasteiger partial charge in [-0.3, -0.25) is 0 Å². The van der Waals surface area contributed by atoms with Crippen molar-refractivity contribution in [3.05, 3.63) is 71.6 Å². The van der Waals surface area contributed by atoms with Crippen molar-refractivity contribution in [2.24, 2.45) is 0 Å². The van der Waals surface area contributed by atoms with Crippen LogP contribution >= 0.6 is 0 Å². The van der Waals surface area contributed by atoms with E-state index in [1.54, 1.807) is 18.2 Å². The molecule has 4 rings (SSSR count). The summed E-state index contributed by atoms with van der Waals surface area (Å²) >= 11 is 0. The van der Waals surface area contributed by atoms with E-state index >= 15 is 4.39 Å². The molecule has 0 aliphatic heterocycles. The maximum Gasteiger partial charge on any atom is 0.173 e. The second-order valence-electron chi connectivity index (χ2n) is 9.89. The number of pyridine rings is 2. The van der Waals surface area contributed by atoms with Gasteiger partial charge in [0.1, 0.15) is 11.6 Å². The zero-order valence-electron chi connectivity index (χ0n) is 19.1. The molecule has 3 N–H and O–H groups in total. The standard InChI is InChI=1S/C26H28F2N4/c1-25(2,3)22-17-11-7-6-10-16(17)21(28)24(32-22)30-14-26(4,5)23-20-15(13-19(29)31-23)9-8-12-18(20)27/h6-13H,14H2,1-5H3,(H2,29,31)(H,30,32). The van der Waals surface area contributed by atoms with E-state index in [1.807, 2.05) is 38.1 Å². The van der Waals surface area contributed by atoms with E-state index in [2.05, 4.69) is 36.1 Å². The Morgan fingerprint density at radius 3 is 2.25 bits per heavy atom. The number of aromatic nitrogens is 2. The molecule has 166 valence electrons. The number of hydrogen-bond donors (Lipinski definition) is 2. The van der Waals surface area contributed by atoms with Crippen LogP contribution < -0.4 is 11.1 Å². The predicted octanol–water partition coefficient (Wildman–Crippen LogP) is 6.33. The molecule has 0 saturated heterocycles. The zero-order valence-corrected chi connectivity index (χ0v) is 19.1. The number of halogens is 2. The first-order valence-corrected chi connectivity index (χ1v) is 10.7. The molecule has 2 aromatic heterocycles. The van der Waals surface area contributed by atoms with Gasteiger partial charge in [0.2, 0.25) is 0 Å². The van der Waals surface area contributed by atoms with E-state index in [-0.39, 0.29) is 17.1 Å². The molecule has 0 amide bonds. The van der Waals surface area contributed by atoms with Crippen LogP contribution in [0.5, 0.6) is 0 Å². The molecule has 2 heterocycles. The Morgan fingerprint density at radius 2 is 1.56 bits per heavy atom. The molecule has 6 heteroatoms. The van der Waals surface area contributed by atoms with Gasteiger partial charge in [-0.25, -0.2) is 18.7 Å². The quantitative estimate of drug-likeness (QED) is 0.394. The summed E-state index contributed by atoms with van der Waals surface area (Å²) in [7, 11) is 0. The second-order valence-corrected chi connectivity index (χ2v) is 9.89. The van der Waals surface area contributed by atoms with Crippen molar-refractivity contribution in [1.82, 2.24) is 9.97 Å². The molecule has 0 radical (unpaired) electrons. The third-order valence-corrected chi connectivity index (χ3v) is 5.73. The Hall–Kier alpha value is -3.28. The van der Waals surface area contributed by atoms with E-state index in [4.69, 9.17) is 5.73 Å². The fourth-order valence-electron chi connectivity index (χ4n) is 4.08. The lowest BCUT2D eigenvalue weighted by molar-refractivity contribution is 0.533. The molecular formula is C26H28F2N4. The normalized spacial score (nSPS) is 12.5. The lowest BCUT2D eigenvalue weighted by atomic mass is 9.85. The molecule has 0 atom stereocenters. The maximum atomic E-state index is 15.4. The van der Waals surface area contributed by atoms with Crippen molar-refractivity contribution >= 4 is 33.2 Å². The third-order valence-electron chi connectivity index (χ3n) is 5.73. The topological polar surface area (TPSA) is 63.8 Å². The Kier molecular flexibility index (Phi) is 5.27. The third kappa shape index (κ3) is 3.85. The number of fused-ring (bicyclic) bond motifs is 2.